The van der Waals surface area contributed by atoms with Crippen LogP contribution >= 0.6 is 0 Å². The lowest BCUT2D eigenvalue weighted by Crippen LogP contribution is -2.49. The van der Waals surface area contributed by atoms with Crippen LogP contribution in [0.4, 0.5) is 5.69 Å². The molecule has 8 nitrogen and oxygen atoms in total. The average Bonchev–Trinajstić information content (AvgIpc) is 2.94. The maximum absolute atomic E-state index is 13.5. The number of carbonyl (C=O) groups excluding carboxylic acids is 2. The van der Waals surface area contributed by atoms with Crippen LogP contribution in [-0.4, -0.2) is 29.6 Å². The Morgan fingerprint density at radius 1 is 1.23 bits per heavy atom. The number of ether oxygens (including phenoxy) is 3. The van der Waals surface area contributed by atoms with Gasteiger partial charge >= 0.3 is 11.9 Å². The molecule has 1 aliphatic carbocycles. The summed E-state index contributed by atoms with van der Waals surface area (Å²) >= 11 is 0. The van der Waals surface area contributed by atoms with Gasteiger partial charge in [-0.25, -0.2) is 4.79 Å². The van der Waals surface area contributed by atoms with Crippen molar-refractivity contribution in [2.24, 2.45) is 16.2 Å². The minimum absolute atomic E-state index is 0.167. The monoisotopic (exact) mass is 419 g/mol. The molecule has 1 aromatic carbocycles. The van der Waals surface area contributed by atoms with Gasteiger partial charge in [-0.15, -0.1) is 0 Å². The predicted molar refractivity (Wildman–Crippen MR) is 108 cm³/mol. The predicted octanol–water partition coefficient (Wildman–Crippen LogP) is 4.36. The van der Waals surface area contributed by atoms with Crippen LogP contribution in [0.2, 0.25) is 0 Å². The maximum Gasteiger partial charge on any atom is 0.351 e. The molecule has 2 bridgehead atoms. The van der Waals surface area contributed by atoms with Gasteiger partial charge in [-0.1, -0.05) is 34.6 Å². The lowest BCUT2D eigenvalue weighted by molar-refractivity contribution is -0.386. The number of nitro benzene ring substituents is 1. The third-order valence-corrected chi connectivity index (χ3v) is 7.14. The largest absolute Gasteiger partial charge is 0.497 e. The molecule has 2 fully saturated rings. The van der Waals surface area contributed by atoms with Crippen molar-refractivity contribution in [2.45, 2.75) is 66.1 Å². The molecule has 0 aromatic heterocycles. The molecule has 1 aliphatic heterocycles. The van der Waals surface area contributed by atoms with Gasteiger partial charge in [0, 0.05) is 16.9 Å². The highest BCUT2D eigenvalue weighted by atomic mass is 16.6. The van der Waals surface area contributed by atoms with Crippen molar-refractivity contribution in [2.75, 3.05) is 7.11 Å². The summed E-state index contributed by atoms with van der Waals surface area (Å²) in [7, 11) is 1.46. The van der Waals surface area contributed by atoms with E-state index >= 15 is 0 Å². The zero-order valence-corrected chi connectivity index (χ0v) is 18.5. The maximum atomic E-state index is 13.5. The molecule has 1 aromatic rings. The van der Waals surface area contributed by atoms with Gasteiger partial charge in [-0.05, 0) is 31.9 Å². The smallest absolute Gasteiger partial charge is 0.351 e. The van der Waals surface area contributed by atoms with Crippen LogP contribution in [-0.2, 0) is 19.1 Å². The molecular weight excluding hydrogens is 390 g/mol. The Bertz CT molecular complexity index is 917. The van der Waals surface area contributed by atoms with Crippen LogP contribution in [0.5, 0.6) is 5.75 Å². The fraction of sp³-hybridized carbons (Fsp3) is 0.636. The summed E-state index contributed by atoms with van der Waals surface area (Å²) in [4.78, 5) is 37.2. The molecule has 0 amide bonds. The van der Waals surface area contributed by atoms with Crippen LogP contribution in [0.1, 0.15) is 66.1 Å². The summed E-state index contributed by atoms with van der Waals surface area (Å²) in [5, 5.41) is 11.7. The van der Waals surface area contributed by atoms with Crippen LogP contribution in [0.25, 0.3) is 0 Å². The van der Waals surface area contributed by atoms with E-state index in [2.05, 4.69) is 0 Å². The zero-order chi connectivity index (χ0) is 22.7. The second-order valence-corrected chi connectivity index (χ2v) is 10.0. The summed E-state index contributed by atoms with van der Waals surface area (Å²) in [5.74, 6) is -0.658. The summed E-state index contributed by atoms with van der Waals surface area (Å²) < 4.78 is 16.8. The molecule has 30 heavy (non-hydrogen) atoms. The van der Waals surface area contributed by atoms with Gasteiger partial charge in [0.05, 0.1) is 23.0 Å². The molecular formula is C22H29NO7. The number of nitro groups is 1. The van der Waals surface area contributed by atoms with Crippen molar-refractivity contribution in [3.05, 3.63) is 33.9 Å². The van der Waals surface area contributed by atoms with Gasteiger partial charge < -0.3 is 14.2 Å². The van der Waals surface area contributed by atoms with Gasteiger partial charge in [0.25, 0.3) is 5.69 Å². The number of esters is 2. The Balaban J connectivity index is 2.06. The summed E-state index contributed by atoms with van der Waals surface area (Å²) in [6, 6.07) is 4.35. The van der Waals surface area contributed by atoms with Gasteiger partial charge in [0.2, 0.25) is 5.60 Å². The van der Waals surface area contributed by atoms with Gasteiger partial charge in [0.15, 0.2) is 0 Å². The summed E-state index contributed by atoms with van der Waals surface area (Å²) in [6.45, 7) is 11.0. The van der Waals surface area contributed by atoms with E-state index in [1.807, 2.05) is 41.5 Å². The zero-order valence-electron chi connectivity index (χ0n) is 18.5. The van der Waals surface area contributed by atoms with E-state index < -0.39 is 44.8 Å². The lowest BCUT2D eigenvalue weighted by Gasteiger charge is -2.38. The molecule has 1 saturated carbocycles. The van der Waals surface area contributed by atoms with Crippen molar-refractivity contribution < 1.29 is 28.7 Å². The minimum Gasteiger partial charge on any atom is -0.497 e. The van der Waals surface area contributed by atoms with Crippen molar-refractivity contribution in [3.63, 3.8) is 0 Å². The number of hydrogen-bond donors (Lipinski definition) is 0. The lowest BCUT2D eigenvalue weighted by atomic mass is 9.66. The Hall–Kier alpha value is -2.64. The topological polar surface area (TPSA) is 105 Å². The SMILES string of the molecule is COc1ccc([N+](=O)[O-])c([C@@H](OC(=O)[C@@]23CCC(C)(C(=O)O2)C3(C)C)C(C)(C)C)c1. The number of hydrogen-bond acceptors (Lipinski definition) is 7. The van der Waals surface area contributed by atoms with E-state index in [-0.39, 0.29) is 11.3 Å². The van der Waals surface area contributed by atoms with Crippen LogP contribution in [0, 0.1) is 26.4 Å². The molecule has 1 saturated heterocycles. The summed E-state index contributed by atoms with van der Waals surface area (Å²) in [6.07, 6.45) is -0.0669. The van der Waals surface area contributed by atoms with Crippen LogP contribution in [0.15, 0.2) is 18.2 Å². The molecule has 2 aliphatic rings. The molecule has 1 unspecified atom stereocenters. The standard InChI is InChI=1S/C22H29NO7/c1-19(2,3)16(14-12-13(28-7)8-9-15(14)23(26)27)29-18(25)22-11-10-21(6,17(24)30-22)20(22,4)5/h8-9,12,16H,10-11H2,1-7H3/t16-,21?,22-/m1/s1. The van der Waals surface area contributed by atoms with Crippen molar-refractivity contribution in [3.8, 4) is 5.75 Å². The number of methoxy groups -OCH3 is 1. The average molecular weight is 419 g/mol. The van der Waals surface area contributed by atoms with Gasteiger partial charge in [-0.3, -0.25) is 14.9 Å². The Morgan fingerprint density at radius 3 is 2.30 bits per heavy atom. The first-order valence-corrected chi connectivity index (χ1v) is 9.98. The first-order chi connectivity index (χ1) is 13.7. The number of carbonyl (C=O) groups is 2. The first kappa shape index (κ1) is 22.1. The van der Waals surface area contributed by atoms with Crippen LogP contribution < -0.4 is 4.74 Å². The molecule has 3 rings (SSSR count). The number of fused-ring (bicyclic) bond motifs is 2. The molecule has 0 radical (unpaired) electrons. The Kier molecular flexibility index (Phi) is 4.91. The molecule has 164 valence electrons. The molecule has 0 N–H and O–H groups in total. The molecule has 3 atom stereocenters. The van der Waals surface area contributed by atoms with Gasteiger partial charge in [0.1, 0.15) is 11.9 Å². The van der Waals surface area contributed by atoms with E-state index in [9.17, 15) is 19.7 Å². The first-order valence-electron chi connectivity index (χ1n) is 9.98. The fourth-order valence-corrected chi connectivity index (χ4v) is 4.65. The molecule has 1 heterocycles. The van der Waals surface area contributed by atoms with E-state index in [0.717, 1.165) is 0 Å². The minimum atomic E-state index is -1.41. The normalized spacial score (nSPS) is 28.0. The quantitative estimate of drug-likeness (QED) is 0.397. The number of rotatable bonds is 5. The van der Waals surface area contributed by atoms with Crippen molar-refractivity contribution in [1.29, 1.82) is 0 Å². The third-order valence-electron chi connectivity index (χ3n) is 7.14. The highest BCUT2D eigenvalue weighted by Gasteiger charge is 2.76. The second-order valence-electron chi connectivity index (χ2n) is 10.0. The fourth-order valence-electron chi connectivity index (χ4n) is 4.65. The number of nitrogens with zero attached hydrogens (tertiary/aromatic N) is 1. The van der Waals surface area contributed by atoms with E-state index in [4.69, 9.17) is 14.2 Å². The highest BCUT2D eigenvalue weighted by Crippen LogP contribution is 2.66. The highest BCUT2D eigenvalue weighted by molar-refractivity contribution is 5.93. The molecule has 0 spiro atoms. The Morgan fingerprint density at radius 2 is 1.87 bits per heavy atom. The Labute approximate surface area is 176 Å². The van der Waals surface area contributed by atoms with E-state index in [0.29, 0.717) is 18.6 Å². The number of benzene rings is 1. The van der Waals surface area contributed by atoms with Crippen LogP contribution in [0.3, 0.4) is 0 Å². The van der Waals surface area contributed by atoms with Gasteiger partial charge in [-0.2, -0.15) is 0 Å². The molecule has 8 heteroatoms. The van der Waals surface area contributed by atoms with Crippen molar-refractivity contribution >= 4 is 17.6 Å². The second kappa shape index (κ2) is 6.68. The van der Waals surface area contributed by atoms with E-state index in [1.54, 1.807) is 0 Å². The third kappa shape index (κ3) is 2.87. The summed E-state index contributed by atoms with van der Waals surface area (Å²) in [5.41, 5.74) is -3.55. The van der Waals surface area contributed by atoms with Crippen molar-refractivity contribution in [1.82, 2.24) is 0 Å². The van der Waals surface area contributed by atoms with E-state index in [1.165, 1.54) is 25.3 Å².